The number of rotatable bonds is 12. The van der Waals surface area contributed by atoms with E-state index in [1.807, 2.05) is 30.5 Å². The molecule has 0 unspecified atom stereocenters. The van der Waals surface area contributed by atoms with E-state index in [1.54, 1.807) is 57.6 Å². The first-order valence-electron chi connectivity index (χ1n) is 14.0. The van der Waals surface area contributed by atoms with Crippen LogP contribution in [0.2, 0.25) is 0 Å². The quantitative estimate of drug-likeness (QED) is 0.279. The molecule has 2 amide bonds. The maximum Gasteiger partial charge on any atom is 0.242 e. The van der Waals surface area contributed by atoms with Gasteiger partial charge in [-0.25, -0.2) is 0 Å². The van der Waals surface area contributed by atoms with Gasteiger partial charge in [-0.05, 0) is 83.9 Å². The molecule has 0 bridgehead atoms. The monoisotopic (exact) mass is 606 g/mol. The van der Waals surface area contributed by atoms with Gasteiger partial charge >= 0.3 is 0 Å². The number of nitrogens with one attached hydrogen (secondary N) is 3. The lowest BCUT2D eigenvalue weighted by Crippen LogP contribution is -2.40. The molecule has 1 aliphatic rings. The van der Waals surface area contributed by atoms with Crippen molar-refractivity contribution in [3.8, 4) is 28.4 Å². The summed E-state index contributed by atoms with van der Waals surface area (Å²) >= 11 is 1.62. The maximum atomic E-state index is 13.7. The van der Waals surface area contributed by atoms with Crippen LogP contribution in [0.15, 0.2) is 53.6 Å². The van der Waals surface area contributed by atoms with Crippen LogP contribution < -0.4 is 35.6 Å². The van der Waals surface area contributed by atoms with Crippen LogP contribution in [0, 0.1) is 0 Å². The third-order valence-corrected chi connectivity index (χ3v) is 8.03. The molecule has 43 heavy (non-hydrogen) atoms. The van der Waals surface area contributed by atoms with Crippen molar-refractivity contribution >= 4 is 29.3 Å². The van der Waals surface area contributed by atoms with Crippen LogP contribution >= 0.6 is 11.8 Å². The molecule has 3 N–H and O–H groups in total. The molecule has 2 atom stereocenters. The van der Waals surface area contributed by atoms with Gasteiger partial charge in [-0.1, -0.05) is 6.07 Å². The van der Waals surface area contributed by atoms with Crippen molar-refractivity contribution < 1.29 is 23.8 Å². The van der Waals surface area contributed by atoms with Crippen molar-refractivity contribution in [3.05, 3.63) is 75.7 Å². The van der Waals surface area contributed by atoms with Crippen LogP contribution in [0.4, 0.5) is 5.69 Å². The molecule has 1 aromatic heterocycles. The average Bonchev–Trinajstić information content (AvgIpc) is 3.25. The average molecular weight is 607 g/mol. The Morgan fingerprint density at radius 3 is 2.44 bits per heavy atom. The number of nitrogens with zero attached hydrogens (tertiary/aromatic N) is 1. The molecule has 1 heterocycles. The Labute approximate surface area is 255 Å². The van der Waals surface area contributed by atoms with Gasteiger partial charge in [-0.3, -0.25) is 19.4 Å². The van der Waals surface area contributed by atoms with E-state index in [4.69, 9.17) is 14.2 Å². The highest BCUT2D eigenvalue weighted by Gasteiger charge is 2.30. The first-order valence-corrected chi connectivity index (χ1v) is 15.4. The number of pyridine rings is 1. The third-order valence-electron chi connectivity index (χ3n) is 7.39. The van der Waals surface area contributed by atoms with E-state index in [9.17, 15) is 14.4 Å². The van der Waals surface area contributed by atoms with Gasteiger partial charge < -0.3 is 30.2 Å². The van der Waals surface area contributed by atoms with E-state index in [0.29, 0.717) is 48.6 Å². The second-order valence-electron chi connectivity index (χ2n) is 10.1. The number of carbonyl (C=O) groups excluding carboxylic acids is 2. The smallest absolute Gasteiger partial charge is 0.242 e. The fraction of sp³-hybridized carbons (Fsp3) is 0.375. The number of fused-ring (bicyclic) bond motifs is 3. The number of hydrogen-bond acceptors (Lipinski definition) is 9. The van der Waals surface area contributed by atoms with E-state index in [-0.39, 0.29) is 22.9 Å². The van der Waals surface area contributed by atoms with E-state index in [2.05, 4.69) is 20.9 Å². The van der Waals surface area contributed by atoms with E-state index in [0.717, 1.165) is 28.0 Å². The molecular formula is C32H38N4O6S. The SMILES string of the molecule is COc1cc2c(c(OC)c1OC)-c1ccc(N[C@@H](CCSC)C(=O)NCc3ccncc3)c(=O)cc1[C@@H](NC(C)=O)CC2. The first-order chi connectivity index (χ1) is 20.8. The summed E-state index contributed by atoms with van der Waals surface area (Å²) in [5.74, 6) is 1.74. The summed E-state index contributed by atoms with van der Waals surface area (Å²) < 4.78 is 17.1. The topological polar surface area (TPSA) is 128 Å². The summed E-state index contributed by atoms with van der Waals surface area (Å²) in [5, 5.41) is 9.20. The fourth-order valence-corrected chi connectivity index (χ4v) is 5.80. The molecule has 2 aromatic carbocycles. The van der Waals surface area contributed by atoms with Crippen LogP contribution in [0.5, 0.6) is 17.2 Å². The Balaban J connectivity index is 1.80. The van der Waals surface area contributed by atoms with Crippen molar-refractivity contribution in [2.24, 2.45) is 0 Å². The molecule has 4 rings (SSSR count). The zero-order chi connectivity index (χ0) is 30.9. The largest absolute Gasteiger partial charge is 0.493 e. The first kappa shape index (κ1) is 31.7. The standard InChI is InChI=1S/C32H38N4O6S/c1-19(37)35-24-8-6-21-16-28(40-2)30(41-3)31(42-4)29(21)22-7-9-25(27(38)17-23(22)24)36-26(12-15-43-5)32(39)34-18-20-10-13-33-14-11-20/h7,9-11,13-14,16-17,24,26H,6,8,12,15,18H2,1-5H3,(H,34,39)(H,35,37)(H,36,38)/t24-,26-/m0/s1. The number of carbonyl (C=O) groups is 2. The van der Waals surface area contributed by atoms with Crippen LogP contribution in [0.25, 0.3) is 11.1 Å². The van der Waals surface area contributed by atoms with Crippen molar-refractivity contribution in [1.29, 1.82) is 0 Å². The van der Waals surface area contributed by atoms with Crippen LogP contribution in [0.3, 0.4) is 0 Å². The predicted molar refractivity (Wildman–Crippen MR) is 169 cm³/mol. The molecular weight excluding hydrogens is 568 g/mol. The Hall–Kier alpha value is -4.25. The summed E-state index contributed by atoms with van der Waals surface area (Å²) in [6.45, 7) is 1.81. The van der Waals surface area contributed by atoms with Gasteiger partial charge in [0.15, 0.2) is 11.5 Å². The van der Waals surface area contributed by atoms with Crippen molar-refractivity contribution in [3.63, 3.8) is 0 Å². The number of benzene rings is 1. The number of ether oxygens (including phenoxy) is 3. The Bertz CT molecular complexity index is 1520. The molecule has 0 aliphatic heterocycles. The fourth-order valence-electron chi connectivity index (χ4n) is 5.33. The third kappa shape index (κ3) is 7.40. The molecule has 1 aliphatic carbocycles. The summed E-state index contributed by atoms with van der Waals surface area (Å²) in [4.78, 5) is 43.3. The highest BCUT2D eigenvalue weighted by atomic mass is 32.2. The zero-order valence-electron chi connectivity index (χ0n) is 25.1. The molecule has 0 saturated carbocycles. The number of amides is 2. The minimum atomic E-state index is -0.637. The Kier molecular flexibility index (Phi) is 10.9. The second kappa shape index (κ2) is 14.8. The lowest BCUT2D eigenvalue weighted by molar-refractivity contribution is -0.122. The normalized spacial score (nSPS) is 14.3. The van der Waals surface area contributed by atoms with Crippen LogP contribution in [-0.4, -0.2) is 56.2 Å². The Morgan fingerprint density at radius 2 is 1.79 bits per heavy atom. The van der Waals surface area contributed by atoms with Gasteiger partial charge in [0, 0.05) is 31.4 Å². The highest BCUT2D eigenvalue weighted by molar-refractivity contribution is 7.98. The van der Waals surface area contributed by atoms with Gasteiger partial charge in [0.2, 0.25) is 23.0 Å². The van der Waals surface area contributed by atoms with Crippen LogP contribution in [-0.2, 0) is 22.6 Å². The number of anilines is 1. The minimum absolute atomic E-state index is 0.204. The Morgan fingerprint density at radius 1 is 1.05 bits per heavy atom. The van der Waals surface area contributed by atoms with E-state index < -0.39 is 12.1 Å². The number of thioether (sulfide) groups is 1. The van der Waals surface area contributed by atoms with E-state index in [1.165, 1.54) is 6.92 Å². The number of aryl methyl sites for hydroxylation is 1. The van der Waals surface area contributed by atoms with Crippen LogP contribution in [0.1, 0.15) is 42.5 Å². The lowest BCUT2D eigenvalue weighted by Gasteiger charge is -2.19. The van der Waals surface area contributed by atoms with Crippen molar-refractivity contribution in [2.75, 3.05) is 38.7 Å². The minimum Gasteiger partial charge on any atom is -0.493 e. The summed E-state index contributed by atoms with van der Waals surface area (Å²) in [7, 11) is 4.67. The molecule has 10 nitrogen and oxygen atoms in total. The molecule has 0 radical (unpaired) electrons. The molecule has 228 valence electrons. The molecule has 11 heteroatoms. The highest BCUT2D eigenvalue weighted by Crippen LogP contribution is 2.50. The second-order valence-corrected chi connectivity index (χ2v) is 11.1. The van der Waals surface area contributed by atoms with Gasteiger partial charge in [0.1, 0.15) is 6.04 Å². The van der Waals surface area contributed by atoms with Gasteiger partial charge in [-0.15, -0.1) is 0 Å². The summed E-state index contributed by atoms with van der Waals surface area (Å²) in [6, 6.07) is 9.61. The van der Waals surface area contributed by atoms with Gasteiger partial charge in [0.25, 0.3) is 0 Å². The molecule has 0 spiro atoms. The van der Waals surface area contributed by atoms with Gasteiger partial charge in [-0.2, -0.15) is 11.8 Å². The maximum absolute atomic E-state index is 13.7. The number of methoxy groups -OCH3 is 3. The molecule has 3 aromatic rings. The summed E-state index contributed by atoms with van der Waals surface area (Å²) in [6.07, 6.45) is 7.00. The zero-order valence-corrected chi connectivity index (χ0v) is 25.9. The van der Waals surface area contributed by atoms with Gasteiger partial charge in [0.05, 0.1) is 33.1 Å². The van der Waals surface area contributed by atoms with Crippen molar-refractivity contribution in [2.45, 2.75) is 44.8 Å². The molecule has 0 saturated heterocycles. The molecule has 0 fully saturated rings. The van der Waals surface area contributed by atoms with E-state index >= 15 is 0 Å². The number of hydrogen-bond donors (Lipinski definition) is 3. The van der Waals surface area contributed by atoms with Crippen molar-refractivity contribution in [1.82, 2.24) is 15.6 Å². The summed E-state index contributed by atoms with van der Waals surface area (Å²) in [5.41, 5.74) is 3.98. The number of aromatic nitrogens is 1. The predicted octanol–water partition coefficient (Wildman–Crippen LogP) is 4.11. The lowest BCUT2D eigenvalue weighted by atomic mass is 9.95.